The number of hydrogen-bond acceptors (Lipinski definition) is 4. The lowest BCUT2D eigenvalue weighted by atomic mass is 9.81. The van der Waals surface area contributed by atoms with Crippen LogP contribution in [0.3, 0.4) is 0 Å². The van der Waals surface area contributed by atoms with Crippen molar-refractivity contribution in [3.63, 3.8) is 0 Å². The molecule has 3 heterocycles. The van der Waals surface area contributed by atoms with Crippen LogP contribution in [0, 0.1) is 5.92 Å². The van der Waals surface area contributed by atoms with E-state index in [-0.39, 0.29) is 30.1 Å². The smallest absolute Gasteiger partial charge is 0.303 e. The minimum atomic E-state index is -0.771. The molecule has 5 rings (SSSR count). The lowest BCUT2D eigenvalue weighted by Crippen LogP contribution is -2.39. The third-order valence-corrected chi connectivity index (χ3v) is 8.24. The molecule has 3 aromatic rings. The normalized spacial score (nSPS) is 19.3. The van der Waals surface area contributed by atoms with Gasteiger partial charge in [0.1, 0.15) is 0 Å². The fourth-order valence-electron chi connectivity index (χ4n) is 6.14. The maximum absolute atomic E-state index is 13.6. The number of amides is 1. The third-order valence-electron chi connectivity index (χ3n) is 8.00. The number of carbonyl (C=O) groups is 2. The number of aromatic nitrogens is 1. The topological polar surface area (TPSA) is 81.0 Å². The van der Waals surface area contributed by atoms with E-state index in [2.05, 4.69) is 16.7 Å². The average Bonchev–Trinajstić information content (AvgIpc) is 3.36. The number of rotatable bonds is 7. The van der Waals surface area contributed by atoms with Crippen LogP contribution >= 0.6 is 11.6 Å². The first-order valence-corrected chi connectivity index (χ1v) is 13.4. The number of carbonyl (C=O) groups excluding carboxylic acids is 1. The summed E-state index contributed by atoms with van der Waals surface area (Å²) in [6, 6.07) is 16.0. The summed E-state index contributed by atoms with van der Waals surface area (Å²) in [5, 5.41) is 9.78. The quantitative estimate of drug-likeness (QED) is 0.408. The zero-order valence-corrected chi connectivity index (χ0v) is 22.5. The maximum atomic E-state index is 13.6. The highest BCUT2D eigenvalue weighted by Gasteiger charge is 2.34. The zero-order chi connectivity index (χ0) is 26.8. The highest BCUT2D eigenvalue weighted by molar-refractivity contribution is 6.30. The van der Waals surface area contributed by atoms with E-state index >= 15 is 0 Å². The van der Waals surface area contributed by atoms with Gasteiger partial charge in [0, 0.05) is 65.9 Å². The largest absolute Gasteiger partial charge is 0.493 e. The predicted octanol–water partition coefficient (Wildman–Crippen LogP) is 5.87. The number of benzene rings is 2. The second-order valence-electron chi connectivity index (χ2n) is 10.2. The molecule has 1 amide bonds. The summed E-state index contributed by atoms with van der Waals surface area (Å²) in [4.78, 5) is 26.6. The van der Waals surface area contributed by atoms with Crippen LogP contribution in [-0.4, -0.2) is 53.8 Å². The van der Waals surface area contributed by atoms with Gasteiger partial charge in [-0.3, -0.25) is 9.59 Å². The Labute approximate surface area is 227 Å². The van der Waals surface area contributed by atoms with Gasteiger partial charge in [0.25, 0.3) is 0 Å². The van der Waals surface area contributed by atoms with Crippen LogP contribution in [0.25, 0.3) is 5.69 Å². The monoisotopic (exact) mass is 536 g/mol. The number of carboxylic acids is 1. The van der Waals surface area contributed by atoms with Crippen molar-refractivity contribution in [2.75, 3.05) is 27.3 Å². The van der Waals surface area contributed by atoms with Crippen molar-refractivity contribution in [1.82, 2.24) is 9.47 Å². The van der Waals surface area contributed by atoms with Crippen LogP contribution in [0.1, 0.15) is 60.8 Å². The molecular formula is C30H33ClN2O5. The molecule has 2 atom stereocenters. The molecule has 2 aliphatic rings. The van der Waals surface area contributed by atoms with Crippen molar-refractivity contribution < 1.29 is 24.2 Å². The standard InChI is InChI=1S/C30H33ClN2O5/c1-37-27-7-3-5-22(30(27)38-2)23-16-20(17-28(34)32-13-10-19(11-14-32)15-29(35)36)25-6-4-12-33(25)26-9-8-21(31)18-24(23)26/h3-9,12,18-20,23H,10-11,13-17H2,1-2H3,(H,35,36)/t20-,23-/m1/s1. The molecule has 0 aliphatic carbocycles. The Morgan fingerprint density at radius 1 is 1.00 bits per heavy atom. The van der Waals surface area contributed by atoms with Gasteiger partial charge in [0.2, 0.25) is 5.91 Å². The van der Waals surface area contributed by atoms with E-state index in [9.17, 15) is 9.59 Å². The first-order chi connectivity index (χ1) is 18.4. The third kappa shape index (κ3) is 5.12. The Kier molecular flexibility index (Phi) is 7.65. The average molecular weight is 537 g/mol. The van der Waals surface area contributed by atoms with Gasteiger partial charge in [-0.05, 0) is 67.1 Å². The molecule has 2 aliphatic heterocycles. The molecule has 0 radical (unpaired) electrons. The lowest BCUT2D eigenvalue weighted by Gasteiger charge is -2.32. The van der Waals surface area contributed by atoms with Gasteiger partial charge in [0.05, 0.1) is 14.2 Å². The summed E-state index contributed by atoms with van der Waals surface area (Å²) in [7, 11) is 3.28. The summed E-state index contributed by atoms with van der Waals surface area (Å²) in [6.45, 7) is 1.21. The molecular weight excluding hydrogens is 504 g/mol. The van der Waals surface area contributed by atoms with Gasteiger partial charge >= 0.3 is 5.97 Å². The van der Waals surface area contributed by atoms with Crippen LogP contribution in [0.15, 0.2) is 54.7 Å². The number of carboxylic acid groups (broad SMARTS) is 1. The minimum Gasteiger partial charge on any atom is -0.493 e. The number of halogens is 1. The van der Waals surface area contributed by atoms with Crippen molar-refractivity contribution in [3.8, 4) is 17.2 Å². The Hall–Kier alpha value is -3.45. The Bertz CT molecular complexity index is 1330. The summed E-state index contributed by atoms with van der Waals surface area (Å²) in [5.41, 5.74) is 4.19. The second-order valence-corrected chi connectivity index (χ2v) is 10.6. The van der Waals surface area contributed by atoms with E-state index in [1.807, 2.05) is 47.5 Å². The van der Waals surface area contributed by atoms with E-state index < -0.39 is 5.97 Å². The van der Waals surface area contributed by atoms with E-state index in [1.165, 1.54) is 0 Å². The first-order valence-electron chi connectivity index (χ1n) is 13.1. The van der Waals surface area contributed by atoms with Crippen molar-refractivity contribution in [2.24, 2.45) is 5.92 Å². The Morgan fingerprint density at radius 2 is 1.79 bits per heavy atom. The summed E-state index contributed by atoms with van der Waals surface area (Å²) >= 11 is 6.52. The van der Waals surface area contributed by atoms with E-state index in [0.717, 1.165) is 35.3 Å². The maximum Gasteiger partial charge on any atom is 0.303 e. The van der Waals surface area contributed by atoms with Gasteiger partial charge in [0.15, 0.2) is 11.5 Å². The van der Waals surface area contributed by atoms with Gasteiger partial charge in [-0.15, -0.1) is 0 Å². The number of methoxy groups -OCH3 is 2. The highest BCUT2D eigenvalue weighted by Crippen LogP contribution is 2.48. The summed E-state index contributed by atoms with van der Waals surface area (Å²) in [6.07, 6.45) is 4.74. The molecule has 1 aromatic heterocycles. The van der Waals surface area contributed by atoms with E-state index in [4.69, 9.17) is 26.2 Å². The van der Waals surface area contributed by atoms with Crippen molar-refractivity contribution >= 4 is 23.5 Å². The number of piperidine rings is 1. The molecule has 38 heavy (non-hydrogen) atoms. The van der Waals surface area contributed by atoms with Gasteiger partial charge in [-0.25, -0.2) is 0 Å². The molecule has 0 unspecified atom stereocenters. The fourth-order valence-corrected chi connectivity index (χ4v) is 6.32. The zero-order valence-electron chi connectivity index (χ0n) is 21.7. The number of para-hydroxylation sites is 1. The second kappa shape index (κ2) is 11.1. The van der Waals surface area contributed by atoms with E-state index in [1.54, 1.807) is 14.2 Å². The molecule has 8 heteroatoms. The van der Waals surface area contributed by atoms with Gasteiger partial charge in [-0.2, -0.15) is 0 Å². The van der Waals surface area contributed by atoms with Crippen LogP contribution in [0.2, 0.25) is 5.02 Å². The number of nitrogens with zero attached hydrogens (tertiary/aromatic N) is 2. The highest BCUT2D eigenvalue weighted by atomic mass is 35.5. The molecule has 1 N–H and O–H groups in total. The molecule has 7 nitrogen and oxygen atoms in total. The first kappa shape index (κ1) is 26.2. The van der Waals surface area contributed by atoms with Crippen LogP contribution < -0.4 is 9.47 Å². The Balaban J connectivity index is 1.49. The molecule has 2 aromatic carbocycles. The summed E-state index contributed by atoms with van der Waals surface area (Å²) in [5.74, 6) is 0.701. The number of ether oxygens (including phenoxy) is 2. The van der Waals surface area contributed by atoms with Crippen LogP contribution in [0.5, 0.6) is 11.5 Å². The number of hydrogen-bond donors (Lipinski definition) is 1. The molecule has 0 spiro atoms. The number of likely N-dealkylation sites (tertiary alicyclic amines) is 1. The van der Waals surface area contributed by atoms with Gasteiger partial charge < -0.3 is 24.0 Å². The van der Waals surface area contributed by atoms with Crippen LogP contribution in [0.4, 0.5) is 0 Å². The molecule has 0 bridgehead atoms. The van der Waals surface area contributed by atoms with Crippen molar-refractivity contribution in [2.45, 2.75) is 43.9 Å². The Morgan fingerprint density at radius 3 is 2.50 bits per heavy atom. The molecule has 1 fully saturated rings. The van der Waals surface area contributed by atoms with Crippen LogP contribution in [-0.2, 0) is 9.59 Å². The van der Waals surface area contributed by atoms with Crippen molar-refractivity contribution in [1.29, 1.82) is 0 Å². The number of fused-ring (bicyclic) bond motifs is 3. The fraction of sp³-hybridized carbons (Fsp3) is 0.400. The molecule has 200 valence electrons. The summed E-state index contributed by atoms with van der Waals surface area (Å²) < 4.78 is 13.6. The lowest BCUT2D eigenvalue weighted by molar-refractivity contribution is -0.138. The molecule has 1 saturated heterocycles. The SMILES string of the molecule is COc1cccc([C@H]2C[C@H](CC(=O)N3CCC(CC(=O)O)CC3)c3cccn3-c3ccc(Cl)cc32)c1OC. The predicted molar refractivity (Wildman–Crippen MR) is 146 cm³/mol. The van der Waals surface area contributed by atoms with Gasteiger partial charge in [-0.1, -0.05) is 23.7 Å². The minimum absolute atomic E-state index is 0.0404. The van der Waals surface area contributed by atoms with Crippen molar-refractivity contribution in [3.05, 3.63) is 76.6 Å². The number of aliphatic carboxylic acids is 1. The van der Waals surface area contributed by atoms with E-state index in [0.29, 0.717) is 42.5 Å². The molecule has 0 saturated carbocycles.